The Morgan fingerprint density at radius 2 is 1.63 bits per heavy atom. The highest BCUT2D eigenvalue weighted by atomic mass is 35.5. The van der Waals surface area contributed by atoms with E-state index >= 15 is 0 Å². The molecule has 0 atom stereocenters. The molecule has 0 spiro atoms. The molecule has 0 aliphatic carbocycles. The van der Waals surface area contributed by atoms with Gasteiger partial charge in [0.2, 0.25) is 11.8 Å². The van der Waals surface area contributed by atoms with Crippen molar-refractivity contribution in [2.24, 2.45) is 0 Å². The Labute approximate surface area is 213 Å². The van der Waals surface area contributed by atoms with E-state index in [1.54, 1.807) is 6.08 Å². The fourth-order valence-corrected chi connectivity index (χ4v) is 5.09. The van der Waals surface area contributed by atoms with Crippen LogP contribution in [0.1, 0.15) is 48.2 Å². The number of amides is 2. The largest absolute Gasteiger partial charge is 0.342 e. The predicted molar refractivity (Wildman–Crippen MR) is 139 cm³/mol. The zero-order chi connectivity index (χ0) is 24.8. The SMILES string of the molecule is Cc1nn(Cc2ccccc2Cl)c(C)c1/C=C/C(=O)N1CCN(CC(=O)N2CCCCCC2)CC1. The van der Waals surface area contributed by atoms with Crippen LogP contribution in [0.5, 0.6) is 0 Å². The first-order valence-electron chi connectivity index (χ1n) is 12.7. The number of likely N-dealkylation sites (tertiary alicyclic amines) is 1. The summed E-state index contributed by atoms with van der Waals surface area (Å²) in [5.74, 6) is 0.229. The van der Waals surface area contributed by atoms with Crippen LogP contribution in [0.15, 0.2) is 30.3 Å². The van der Waals surface area contributed by atoms with E-state index in [4.69, 9.17) is 11.6 Å². The molecule has 188 valence electrons. The smallest absolute Gasteiger partial charge is 0.246 e. The molecule has 3 heterocycles. The number of hydrogen-bond donors (Lipinski definition) is 0. The first-order valence-corrected chi connectivity index (χ1v) is 13.0. The molecule has 35 heavy (non-hydrogen) atoms. The lowest BCUT2D eigenvalue weighted by Crippen LogP contribution is -2.51. The molecule has 1 aromatic heterocycles. The molecule has 2 amide bonds. The molecule has 1 aromatic carbocycles. The molecule has 0 saturated carbocycles. The molecular weight excluding hydrogens is 462 g/mol. The van der Waals surface area contributed by atoms with Gasteiger partial charge in [0.05, 0.1) is 18.8 Å². The van der Waals surface area contributed by atoms with Crippen molar-refractivity contribution < 1.29 is 9.59 Å². The Bertz CT molecular complexity index is 1060. The zero-order valence-corrected chi connectivity index (χ0v) is 21.6. The normalized spacial score (nSPS) is 17.7. The van der Waals surface area contributed by atoms with E-state index in [2.05, 4.69) is 10.00 Å². The third-order valence-corrected chi connectivity index (χ3v) is 7.48. The standard InChI is InChI=1S/C27H36ClN5O2/c1-21-24(22(2)33(29-21)19-23-9-5-6-10-25(23)28)11-12-26(34)32-17-15-30(16-18-32)20-27(35)31-13-7-3-4-8-14-31/h5-6,9-12H,3-4,7-8,13-20H2,1-2H3/b12-11+. The molecule has 7 nitrogen and oxygen atoms in total. The van der Waals surface area contributed by atoms with Gasteiger partial charge in [-0.2, -0.15) is 5.10 Å². The summed E-state index contributed by atoms with van der Waals surface area (Å²) in [5, 5.41) is 5.38. The van der Waals surface area contributed by atoms with Crippen LogP contribution < -0.4 is 0 Å². The molecule has 0 radical (unpaired) electrons. The van der Waals surface area contributed by atoms with E-state index in [0.29, 0.717) is 26.2 Å². The van der Waals surface area contributed by atoms with E-state index in [0.717, 1.165) is 66.6 Å². The second-order valence-corrected chi connectivity index (χ2v) is 9.97. The van der Waals surface area contributed by atoms with Crippen LogP contribution in [0.4, 0.5) is 0 Å². The van der Waals surface area contributed by atoms with E-state index in [1.807, 2.05) is 58.7 Å². The third kappa shape index (κ3) is 6.53. The monoisotopic (exact) mass is 497 g/mol. The lowest BCUT2D eigenvalue weighted by atomic mass is 10.1. The van der Waals surface area contributed by atoms with Gasteiger partial charge in [-0.25, -0.2) is 0 Å². The number of carbonyl (C=O) groups excluding carboxylic acids is 2. The van der Waals surface area contributed by atoms with Crippen molar-refractivity contribution in [3.8, 4) is 0 Å². The number of carbonyl (C=O) groups is 2. The molecule has 2 aliphatic rings. The molecule has 0 unspecified atom stereocenters. The molecule has 0 bridgehead atoms. The Morgan fingerprint density at radius 3 is 2.31 bits per heavy atom. The highest BCUT2D eigenvalue weighted by Gasteiger charge is 2.24. The van der Waals surface area contributed by atoms with Crippen LogP contribution in [-0.2, 0) is 16.1 Å². The summed E-state index contributed by atoms with van der Waals surface area (Å²) < 4.78 is 1.93. The number of halogens is 1. The van der Waals surface area contributed by atoms with Crippen molar-refractivity contribution in [2.75, 3.05) is 45.8 Å². The Hall–Kier alpha value is -2.64. The summed E-state index contributed by atoms with van der Waals surface area (Å²) >= 11 is 6.32. The van der Waals surface area contributed by atoms with Crippen molar-refractivity contribution in [3.05, 3.63) is 57.9 Å². The second-order valence-electron chi connectivity index (χ2n) is 9.56. The predicted octanol–water partition coefficient (Wildman–Crippen LogP) is 3.76. The van der Waals surface area contributed by atoms with Crippen molar-refractivity contribution in [2.45, 2.75) is 46.1 Å². The number of aromatic nitrogens is 2. The summed E-state index contributed by atoms with van der Waals surface area (Å²) in [6.07, 6.45) is 8.18. The lowest BCUT2D eigenvalue weighted by Gasteiger charge is -2.34. The summed E-state index contributed by atoms with van der Waals surface area (Å²) in [6.45, 7) is 9.53. The third-order valence-electron chi connectivity index (χ3n) is 7.11. The maximum atomic E-state index is 12.9. The second kappa shape index (κ2) is 11.9. The zero-order valence-electron chi connectivity index (χ0n) is 20.9. The van der Waals surface area contributed by atoms with Gasteiger partial charge in [-0.15, -0.1) is 0 Å². The molecule has 8 heteroatoms. The number of benzene rings is 1. The van der Waals surface area contributed by atoms with Crippen molar-refractivity contribution in [1.29, 1.82) is 0 Å². The van der Waals surface area contributed by atoms with Crippen LogP contribution in [0.3, 0.4) is 0 Å². The number of aryl methyl sites for hydroxylation is 1. The fourth-order valence-electron chi connectivity index (χ4n) is 4.89. The minimum Gasteiger partial charge on any atom is -0.342 e. The van der Waals surface area contributed by atoms with Gasteiger partial charge in [0.1, 0.15) is 0 Å². The van der Waals surface area contributed by atoms with Crippen LogP contribution in [0, 0.1) is 13.8 Å². The molecular formula is C27H36ClN5O2. The van der Waals surface area contributed by atoms with Gasteiger partial charge in [-0.1, -0.05) is 42.6 Å². The number of nitrogens with zero attached hydrogens (tertiary/aromatic N) is 5. The van der Waals surface area contributed by atoms with Crippen molar-refractivity contribution >= 4 is 29.5 Å². The summed E-state index contributed by atoms with van der Waals surface area (Å²) in [4.78, 5) is 31.6. The van der Waals surface area contributed by atoms with Gasteiger partial charge in [-0.3, -0.25) is 19.2 Å². The molecule has 2 aromatic rings. The van der Waals surface area contributed by atoms with Gasteiger partial charge in [-0.05, 0) is 44.4 Å². The van der Waals surface area contributed by atoms with Crippen LogP contribution in [-0.4, -0.2) is 82.1 Å². The Morgan fingerprint density at radius 1 is 0.943 bits per heavy atom. The highest BCUT2D eigenvalue weighted by molar-refractivity contribution is 6.31. The minimum atomic E-state index is 0.00106. The molecule has 4 rings (SSSR count). The molecule has 2 saturated heterocycles. The van der Waals surface area contributed by atoms with E-state index in [-0.39, 0.29) is 11.8 Å². The molecule has 2 fully saturated rings. The van der Waals surface area contributed by atoms with Gasteiger partial charge in [0.15, 0.2) is 0 Å². The van der Waals surface area contributed by atoms with Gasteiger partial charge in [0.25, 0.3) is 0 Å². The van der Waals surface area contributed by atoms with Crippen molar-refractivity contribution in [3.63, 3.8) is 0 Å². The van der Waals surface area contributed by atoms with Crippen LogP contribution in [0.2, 0.25) is 5.02 Å². The first kappa shape index (κ1) is 25.5. The average Bonchev–Trinajstić information content (AvgIpc) is 3.03. The van der Waals surface area contributed by atoms with E-state index < -0.39 is 0 Å². The number of rotatable bonds is 6. The van der Waals surface area contributed by atoms with Gasteiger partial charge >= 0.3 is 0 Å². The molecule has 0 N–H and O–H groups in total. The van der Waals surface area contributed by atoms with E-state index in [1.165, 1.54) is 12.8 Å². The maximum Gasteiger partial charge on any atom is 0.246 e. The number of piperazine rings is 1. The Kier molecular flexibility index (Phi) is 8.63. The van der Waals surface area contributed by atoms with Crippen molar-refractivity contribution in [1.82, 2.24) is 24.5 Å². The fraction of sp³-hybridized carbons (Fsp3) is 0.519. The summed E-state index contributed by atoms with van der Waals surface area (Å²) in [7, 11) is 0. The van der Waals surface area contributed by atoms with Crippen LogP contribution in [0.25, 0.3) is 6.08 Å². The topological polar surface area (TPSA) is 61.7 Å². The summed E-state index contributed by atoms with van der Waals surface area (Å²) in [6, 6.07) is 7.77. The highest BCUT2D eigenvalue weighted by Crippen LogP contribution is 2.20. The summed E-state index contributed by atoms with van der Waals surface area (Å²) in [5.41, 5.74) is 3.87. The number of hydrogen-bond acceptors (Lipinski definition) is 4. The first-order chi connectivity index (χ1) is 16.9. The average molecular weight is 498 g/mol. The molecule has 2 aliphatic heterocycles. The quantitative estimate of drug-likeness (QED) is 0.570. The van der Waals surface area contributed by atoms with Gasteiger partial charge in [0, 0.05) is 61.6 Å². The maximum absolute atomic E-state index is 12.9. The van der Waals surface area contributed by atoms with E-state index in [9.17, 15) is 9.59 Å². The van der Waals surface area contributed by atoms with Crippen LogP contribution >= 0.6 is 11.6 Å². The lowest BCUT2D eigenvalue weighted by molar-refractivity contribution is -0.133. The minimum absolute atomic E-state index is 0.00106. The van der Waals surface area contributed by atoms with Gasteiger partial charge < -0.3 is 9.80 Å². The Balaban J connectivity index is 1.30.